The van der Waals surface area contributed by atoms with E-state index >= 15 is 0 Å². The van der Waals surface area contributed by atoms with Gasteiger partial charge < -0.3 is 24.7 Å². The van der Waals surface area contributed by atoms with E-state index in [1.807, 2.05) is 32.9 Å². The highest BCUT2D eigenvalue weighted by Crippen LogP contribution is 2.40. The van der Waals surface area contributed by atoms with E-state index in [4.69, 9.17) is 4.74 Å². The molecule has 6 nitrogen and oxygen atoms in total. The lowest BCUT2D eigenvalue weighted by atomic mass is 9.77. The molecule has 1 amide bonds. The molecule has 1 saturated heterocycles. The highest BCUT2D eigenvalue weighted by atomic mass is 16.6. The molecule has 0 unspecified atom stereocenters. The number of carbonyl (C=O) groups excluding carboxylic acids is 1. The predicted molar refractivity (Wildman–Crippen MR) is 113 cm³/mol. The maximum Gasteiger partial charge on any atom is 0.410 e. The van der Waals surface area contributed by atoms with E-state index in [-0.39, 0.29) is 11.8 Å². The summed E-state index contributed by atoms with van der Waals surface area (Å²) in [5.41, 5.74) is 0.492. The van der Waals surface area contributed by atoms with Crippen molar-refractivity contribution in [3.05, 3.63) is 36.0 Å². The molecule has 2 fully saturated rings. The molecule has 6 heteroatoms. The molecule has 2 aliphatic rings. The van der Waals surface area contributed by atoms with Crippen LogP contribution < -0.4 is 0 Å². The first-order chi connectivity index (χ1) is 13.7. The van der Waals surface area contributed by atoms with Gasteiger partial charge in [0.1, 0.15) is 11.4 Å². The Kier molecular flexibility index (Phi) is 6.42. The quantitative estimate of drug-likeness (QED) is 0.800. The summed E-state index contributed by atoms with van der Waals surface area (Å²) in [6.07, 6.45) is 6.46. The number of aliphatic hydroxyl groups is 1. The van der Waals surface area contributed by atoms with Crippen LogP contribution in [-0.2, 0) is 4.74 Å². The minimum Gasteiger partial charge on any atom is -0.508 e. The lowest BCUT2D eigenvalue weighted by molar-refractivity contribution is 0.0173. The van der Waals surface area contributed by atoms with Crippen LogP contribution in [0.15, 0.2) is 30.5 Å². The number of hydrogen-bond donors (Lipinski definition) is 2. The fourth-order valence-electron chi connectivity index (χ4n) is 4.05. The number of piperazine rings is 1. The average molecular weight is 403 g/mol. The van der Waals surface area contributed by atoms with Crippen LogP contribution in [0.4, 0.5) is 4.79 Å². The first-order valence-electron chi connectivity index (χ1n) is 10.6. The maximum atomic E-state index is 12.3. The Hall–Kier alpha value is -2.21. The van der Waals surface area contributed by atoms with Gasteiger partial charge in [-0.25, -0.2) is 4.79 Å². The molecule has 1 aliphatic heterocycles. The molecule has 3 rings (SSSR count). The van der Waals surface area contributed by atoms with E-state index in [9.17, 15) is 15.0 Å². The van der Waals surface area contributed by atoms with Gasteiger partial charge in [-0.05, 0) is 51.3 Å². The molecular formula is C23H34N2O4. The van der Waals surface area contributed by atoms with Crippen LogP contribution >= 0.6 is 0 Å². The predicted octanol–water partition coefficient (Wildman–Crippen LogP) is 3.98. The number of phenolic OH excluding ortho intramolecular Hbond substituents is 1. The fourth-order valence-corrected chi connectivity index (χ4v) is 4.05. The molecule has 1 saturated carbocycles. The highest BCUT2D eigenvalue weighted by Gasteiger charge is 2.35. The highest BCUT2D eigenvalue weighted by molar-refractivity contribution is 5.72. The van der Waals surface area contributed by atoms with Gasteiger partial charge in [-0.2, -0.15) is 0 Å². The van der Waals surface area contributed by atoms with Crippen LogP contribution in [0, 0.1) is 0 Å². The van der Waals surface area contributed by atoms with Crippen LogP contribution in [0.1, 0.15) is 58.4 Å². The van der Waals surface area contributed by atoms with Crippen LogP contribution in [-0.4, -0.2) is 63.5 Å². The van der Waals surface area contributed by atoms with Crippen molar-refractivity contribution in [2.45, 2.75) is 64.1 Å². The summed E-state index contributed by atoms with van der Waals surface area (Å²) in [7, 11) is 0. The van der Waals surface area contributed by atoms with Gasteiger partial charge in [0.05, 0.1) is 5.60 Å². The van der Waals surface area contributed by atoms with Crippen molar-refractivity contribution in [3.63, 3.8) is 0 Å². The van der Waals surface area contributed by atoms with Crippen LogP contribution in [0.2, 0.25) is 0 Å². The number of aromatic hydroxyl groups is 1. The van der Waals surface area contributed by atoms with E-state index in [2.05, 4.69) is 11.1 Å². The SMILES string of the molecule is CC(C)(C)OC(=O)N1CCN(C=C(c2ccc(O)cc2)C2(O)CCCCC2)CC1. The molecule has 0 bridgehead atoms. The average Bonchev–Trinajstić information content (AvgIpc) is 2.66. The number of phenols is 1. The molecule has 1 heterocycles. The molecule has 0 spiro atoms. The van der Waals surface area contributed by atoms with E-state index in [1.54, 1.807) is 17.0 Å². The van der Waals surface area contributed by atoms with Gasteiger partial charge in [-0.15, -0.1) is 0 Å². The Balaban J connectivity index is 1.75. The smallest absolute Gasteiger partial charge is 0.410 e. The van der Waals surface area contributed by atoms with Crippen molar-refractivity contribution in [1.82, 2.24) is 9.80 Å². The summed E-state index contributed by atoms with van der Waals surface area (Å²) >= 11 is 0. The monoisotopic (exact) mass is 402 g/mol. The Labute approximate surface area is 173 Å². The Bertz CT molecular complexity index is 722. The lowest BCUT2D eigenvalue weighted by Crippen LogP contribution is -2.48. The number of nitrogens with zero attached hydrogens (tertiary/aromatic N) is 2. The summed E-state index contributed by atoms with van der Waals surface area (Å²) in [5, 5.41) is 21.1. The Morgan fingerprint density at radius 2 is 1.62 bits per heavy atom. The Morgan fingerprint density at radius 1 is 1.03 bits per heavy atom. The van der Waals surface area contributed by atoms with Crippen molar-refractivity contribution < 1.29 is 19.7 Å². The van der Waals surface area contributed by atoms with Crippen molar-refractivity contribution in [2.24, 2.45) is 0 Å². The molecule has 2 N–H and O–H groups in total. The van der Waals surface area contributed by atoms with Crippen molar-refractivity contribution in [2.75, 3.05) is 26.2 Å². The fraction of sp³-hybridized carbons (Fsp3) is 0.609. The van der Waals surface area contributed by atoms with Gasteiger partial charge in [0.25, 0.3) is 0 Å². The van der Waals surface area contributed by atoms with E-state index < -0.39 is 11.2 Å². The normalized spacial score (nSPS) is 20.5. The number of carbonyl (C=O) groups is 1. The number of ether oxygens (including phenoxy) is 1. The second kappa shape index (κ2) is 8.66. The first-order valence-corrected chi connectivity index (χ1v) is 10.6. The number of rotatable bonds is 3. The topological polar surface area (TPSA) is 73.2 Å². The summed E-state index contributed by atoms with van der Waals surface area (Å²) in [5.74, 6) is 0.217. The number of amides is 1. The van der Waals surface area contributed by atoms with Gasteiger partial charge in [-0.3, -0.25) is 0 Å². The standard InChI is InChI=1S/C23H34N2O4/c1-22(2,3)29-21(27)25-15-13-24(14-16-25)17-20(18-7-9-19(26)10-8-18)23(28)11-5-4-6-12-23/h7-10,17,26,28H,4-6,11-16H2,1-3H3. The lowest BCUT2D eigenvalue weighted by Gasteiger charge is -2.39. The largest absolute Gasteiger partial charge is 0.508 e. The first kappa shape index (κ1) is 21.5. The third kappa shape index (κ3) is 5.66. The van der Waals surface area contributed by atoms with E-state index in [0.29, 0.717) is 26.2 Å². The number of hydrogen-bond acceptors (Lipinski definition) is 5. The Morgan fingerprint density at radius 3 is 2.17 bits per heavy atom. The summed E-state index contributed by atoms with van der Waals surface area (Å²) in [6, 6.07) is 7.06. The zero-order chi connectivity index (χ0) is 21.1. The second-order valence-corrected chi connectivity index (χ2v) is 9.19. The molecule has 160 valence electrons. The van der Waals surface area contributed by atoms with E-state index in [0.717, 1.165) is 43.2 Å². The molecule has 29 heavy (non-hydrogen) atoms. The molecule has 0 aromatic heterocycles. The summed E-state index contributed by atoms with van der Waals surface area (Å²) in [4.78, 5) is 16.2. The van der Waals surface area contributed by atoms with Crippen LogP contribution in [0.25, 0.3) is 5.57 Å². The van der Waals surface area contributed by atoms with Crippen molar-refractivity contribution in [1.29, 1.82) is 0 Å². The van der Waals surface area contributed by atoms with Gasteiger partial charge in [0.2, 0.25) is 0 Å². The summed E-state index contributed by atoms with van der Waals surface area (Å²) < 4.78 is 5.47. The third-order valence-electron chi connectivity index (χ3n) is 5.64. The zero-order valence-corrected chi connectivity index (χ0v) is 17.9. The van der Waals surface area contributed by atoms with E-state index in [1.165, 1.54) is 0 Å². The number of benzene rings is 1. The minimum atomic E-state index is -0.850. The van der Waals surface area contributed by atoms with Crippen LogP contribution in [0.3, 0.4) is 0 Å². The molecular weight excluding hydrogens is 368 g/mol. The van der Waals surface area contributed by atoms with Crippen molar-refractivity contribution in [3.8, 4) is 5.75 Å². The van der Waals surface area contributed by atoms with Gasteiger partial charge in [0, 0.05) is 38.0 Å². The molecule has 1 aromatic rings. The van der Waals surface area contributed by atoms with Gasteiger partial charge in [-0.1, -0.05) is 31.4 Å². The maximum absolute atomic E-state index is 12.3. The second-order valence-electron chi connectivity index (χ2n) is 9.19. The van der Waals surface area contributed by atoms with Crippen molar-refractivity contribution >= 4 is 11.7 Å². The molecule has 1 aromatic carbocycles. The minimum absolute atomic E-state index is 0.217. The summed E-state index contributed by atoms with van der Waals surface area (Å²) in [6.45, 7) is 8.18. The zero-order valence-electron chi connectivity index (χ0n) is 17.9. The molecule has 0 radical (unpaired) electrons. The van der Waals surface area contributed by atoms with Gasteiger partial charge in [0.15, 0.2) is 0 Å². The third-order valence-corrected chi connectivity index (χ3v) is 5.64. The molecule has 1 aliphatic carbocycles. The van der Waals surface area contributed by atoms with Crippen LogP contribution in [0.5, 0.6) is 5.75 Å². The van der Waals surface area contributed by atoms with Gasteiger partial charge >= 0.3 is 6.09 Å². The molecule has 0 atom stereocenters.